The minimum Gasteiger partial charge on any atom is -0.323 e. The molecular weight excluding hydrogens is 170 g/mol. The molecule has 0 aliphatic carbocycles. The maximum absolute atomic E-state index is 11.3. The number of rotatable bonds is 1. The summed E-state index contributed by atoms with van der Waals surface area (Å²) in [5.74, 6) is 0. The maximum Gasteiger partial charge on any atom is 0.316 e. The number of aromatic amines is 1. The molecule has 2 rings (SSSR count). The van der Waals surface area contributed by atoms with Crippen molar-refractivity contribution < 1.29 is 0 Å². The first-order valence-electron chi connectivity index (χ1n) is 4.29. The van der Waals surface area contributed by atoms with Crippen molar-refractivity contribution in [1.82, 2.24) is 14.9 Å². The number of hydrogen-bond acceptors (Lipinski definition) is 3. The Morgan fingerprint density at radius 2 is 2.31 bits per heavy atom. The molecule has 0 unspecified atom stereocenters. The molecule has 5 heteroatoms. The van der Waals surface area contributed by atoms with Crippen LogP contribution < -0.4 is 16.4 Å². The van der Waals surface area contributed by atoms with Crippen LogP contribution in [0.15, 0.2) is 22.0 Å². The Bertz CT molecular complexity index is 400. The summed E-state index contributed by atoms with van der Waals surface area (Å²) in [6, 6.07) is 0.134. The lowest BCUT2D eigenvalue weighted by Gasteiger charge is -2.10. The Kier molecular flexibility index (Phi) is 2.02. The highest BCUT2D eigenvalue weighted by molar-refractivity contribution is 4.88. The molecule has 1 aromatic rings. The number of hydrogen-bond donors (Lipinski definition) is 2. The van der Waals surface area contributed by atoms with Crippen molar-refractivity contribution >= 4 is 0 Å². The first-order valence-corrected chi connectivity index (χ1v) is 4.29. The van der Waals surface area contributed by atoms with Gasteiger partial charge in [0.25, 0.3) is 0 Å². The molecule has 0 aromatic carbocycles. The maximum atomic E-state index is 11.3. The third-order valence-electron chi connectivity index (χ3n) is 2.31. The van der Waals surface area contributed by atoms with Gasteiger partial charge in [0.1, 0.15) is 0 Å². The van der Waals surface area contributed by atoms with E-state index in [2.05, 4.69) is 10.3 Å². The Morgan fingerprint density at radius 3 is 3.00 bits per heavy atom. The zero-order valence-electron chi connectivity index (χ0n) is 7.12. The number of nitrogens with one attached hydrogen (secondary N) is 2. The summed E-state index contributed by atoms with van der Waals surface area (Å²) < 4.78 is 1.50. The molecule has 1 aromatic heterocycles. The first-order chi connectivity index (χ1) is 6.29. The predicted molar refractivity (Wildman–Crippen MR) is 47.8 cm³/mol. The standard InChI is InChI=1S/C8H11N3O2/c12-7-8(13)11(4-3-10-7)6-1-2-9-5-6/h3-4,6,9H,1-2,5H2,(H,10,12)/t6-/m1/s1. The van der Waals surface area contributed by atoms with Crippen LogP contribution in [0, 0.1) is 0 Å². The average Bonchev–Trinajstić information content (AvgIpc) is 2.62. The van der Waals surface area contributed by atoms with Crippen LogP contribution in [0.1, 0.15) is 12.5 Å². The monoisotopic (exact) mass is 181 g/mol. The lowest BCUT2D eigenvalue weighted by Crippen LogP contribution is -2.37. The second kappa shape index (κ2) is 3.18. The van der Waals surface area contributed by atoms with Gasteiger partial charge in [0.05, 0.1) is 6.04 Å². The highest BCUT2D eigenvalue weighted by Gasteiger charge is 2.17. The van der Waals surface area contributed by atoms with Gasteiger partial charge < -0.3 is 14.9 Å². The Hall–Kier alpha value is -1.36. The van der Waals surface area contributed by atoms with E-state index in [0.29, 0.717) is 0 Å². The minimum absolute atomic E-state index is 0.134. The van der Waals surface area contributed by atoms with E-state index >= 15 is 0 Å². The minimum atomic E-state index is -0.547. The largest absolute Gasteiger partial charge is 0.323 e. The summed E-state index contributed by atoms with van der Waals surface area (Å²) in [6.45, 7) is 1.67. The van der Waals surface area contributed by atoms with Crippen LogP contribution in [0.5, 0.6) is 0 Å². The molecule has 5 nitrogen and oxygen atoms in total. The zero-order valence-corrected chi connectivity index (χ0v) is 7.12. The molecular formula is C8H11N3O2. The van der Waals surface area contributed by atoms with Crippen LogP contribution in [0.25, 0.3) is 0 Å². The fourth-order valence-corrected chi connectivity index (χ4v) is 1.60. The summed E-state index contributed by atoms with van der Waals surface area (Å²) >= 11 is 0. The van der Waals surface area contributed by atoms with Crippen LogP contribution >= 0.6 is 0 Å². The lowest BCUT2D eigenvalue weighted by molar-refractivity contribution is 0.522. The van der Waals surface area contributed by atoms with Crippen molar-refractivity contribution in [2.24, 2.45) is 0 Å². The smallest absolute Gasteiger partial charge is 0.316 e. The highest BCUT2D eigenvalue weighted by atomic mass is 16.2. The van der Waals surface area contributed by atoms with E-state index < -0.39 is 11.1 Å². The van der Waals surface area contributed by atoms with Crippen molar-refractivity contribution in [3.05, 3.63) is 33.1 Å². The molecule has 1 atom stereocenters. The van der Waals surface area contributed by atoms with E-state index in [1.165, 1.54) is 10.8 Å². The van der Waals surface area contributed by atoms with Crippen LogP contribution in [0.4, 0.5) is 0 Å². The van der Waals surface area contributed by atoms with Gasteiger partial charge in [0, 0.05) is 18.9 Å². The second-order valence-electron chi connectivity index (χ2n) is 3.15. The summed E-state index contributed by atoms with van der Waals surface area (Å²) in [7, 11) is 0. The van der Waals surface area contributed by atoms with Crippen molar-refractivity contribution in [2.45, 2.75) is 12.5 Å². The molecule has 1 aliphatic rings. The van der Waals surface area contributed by atoms with Crippen molar-refractivity contribution in [3.63, 3.8) is 0 Å². The van der Waals surface area contributed by atoms with E-state index in [0.717, 1.165) is 19.5 Å². The fourth-order valence-electron chi connectivity index (χ4n) is 1.60. The van der Waals surface area contributed by atoms with Crippen LogP contribution in [-0.2, 0) is 0 Å². The van der Waals surface area contributed by atoms with Crippen LogP contribution in [0.3, 0.4) is 0 Å². The van der Waals surface area contributed by atoms with Crippen molar-refractivity contribution in [2.75, 3.05) is 13.1 Å². The summed E-state index contributed by atoms with van der Waals surface area (Å²) in [5.41, 5.74) is -1.01. The lowest BCUT2D eigenvalue weighted by atomic mass is 10.2. The van der Waals surface area contributed by atoms with Gasteiger partial charge in [-0.2, -0.15) is 0 Å². The molecule has 0 radical (unpaired) electrons. The molecule has 13 heavy (non-hydrogen) atoms. The molecule has 2 heterocycles. The molecule has 0 spiro atoms. The van der Waals surface area contributed by atoms with Gasteiger partial charge in [-0.15, -0.1) is 0 Å². The van der Waals surface area contributed by atoms with Gasteiger partial charge in [-0.05, 0) is 13.0 Å². The number of H-pyrrole nitrogens is 1. The predicted octanol–water partition coefficient (Wildman–Crippen LogP) is -0.929. The van der Waals surface area contributed by atoms with E-state index in [4.69, 9.17) is 0 Å². The van der Waals surface area contributed by atoms with Gasteiger partial charge in [0.2, 0.25) is 0 Å². The Balaban J connectivity index is 2.45. The summed E-state index contributed by atoms with van der Waals surface area (Å²) in [5, 5.41) is 3.15. The van der Waals surface area contributed by atoms with Gasteiger partial charge in [0.15, 0.2) is 0 Å². The third-order valence-corrected chi connectivity index (χ3v) is 2.31. The third kappa shape index (κ3) is 1.42. The van der Waals surface area contributed by atoms with E-state index in [1.54, 1.807) is 6.20 Å². The van der Waals surface area contributed by atoms with Crippen LogP contribution in [-0.4, -0.2) is 22.6 Å². The van der Waals surface area contributed by atoms with Gasteiger partial charge in [-0.25, -0.2) is 0 Å². The fraction of sp³-hybridized carbons (Fsp3) is 0.500. The molecule has 0 saturated carbocycles. The van der Waals surface area contributed by atoms with Crippen LogP contribution in [0.2, 0.25) is 0 Å². The molecule has 1 fully saturated rings. The van der Waals surface area contributed by atoms with Gasteiger partial charge in [-0.1, -0.05) is 0 Å². The molecule has 1 aliphatic heterocycles. The summed E-state index contributed by atoms with van der Waals surface area (Å²) in [4.78, 5) is 24.7. The van der Waals surface area contributed by atoms with Gasteiger partial charge >= 0.3 is 11.1 Å². The molecule has 1 saturated heterocycles. The molecule has 2 N–H and O–H groups in total. The van der Waals surface area contributed by atoms with E-state index in [1.807, 2.05) is 0 Å². The van der Waals surface area contributed by atoms with Gasteiger partial charge in [-0.3, -0.25) is 9.59 Å². The molecule has 0 bridgehead atoms. The SMILES string of the molecule is O=c1[nH]ccn([C@@H]2CCNC2)c1=O. The average molecular weight is 181 g/mol. The summed E-state index contributed by atoms with van der Waals surface area (Å²) in [6.07, 6.45) is 4.03. The first kappa shape index (κ1) is 8.25. The number of nitrogens with zero attached hydrogens (tertiary/aromatic N) is 1. The highest BCUT2D eigenvalue weighted by Crippen LogP contribution is 2.10. The Labute approximate surface area is 74.4 Å². The zero-order chi connectivity index (χ0) is 9.26. The van der Waals surface area contributed by atoms with E-state index in [-0.39, 0.29) is 6.04 Å². The second-order valence-corrected chi connectivity index (χ2v) is 3.15. The normalized spacial score (nSPS) is 22.0. The molecule has 0 amide bonds. The van der Waals surface area contributed by atoms with Crippen molar-refractivity contribution in [1.29, 1.82) is 0 Å². The quantitative estimate of drug-likeness (QED) is 0.550. The van der Waals surface area contributed by atoms with Crippen molar-refractivity contribution in [3.8, 4) is 0 Å². The van der Waals surface area contributed by atoms with E-state index in [9.17, 15) is 9.59 Å². The molecule has 70 valence electrons. The topological polar surface area (TPSA) is 66.9 Å². The Morgan fingerprint density at radius 1 is 1.46 bits per heavy atom. The number of aromatic nitrogens is 2.